The molecule has 0 spiro atoms. The van der Waals surface area contributed by atoms with Gasteiger partial charge < -0.3 is 10.4 Å². The van der Waals surface area contributed by atoms with Crippen molar-refractivity contribution in [1.82, 2.24) is 5.32 Å². The minimum atomic E-state index is -1.48. The Kier molecular flexibility index (Phi) is 5.27. The first-order valence-corrected chi connectivity index (χ1v) is 6.06. The number of halogens is 2. The predicted octanol–water partition coefficient (Wildman–Crippen LogP) is 1.84. The van der Waals surface area contributed by atoms with Gasteiger partial charge in [0, 0.05) is 4.47 Å². The maximum atomic E-state index is 12.3. The Hall–Kier alpha value is -1.43. The number of amides is 1. The summed E-state index contributed by atoms with van der Waals surface area (Å²) in [5.74, 6) is -1.90. The van der Waals surface area contributed by atoms with E-state index in [0.717, 1.165) is 15.6 Å². The van der Waals surface area contributed by atoms with Crippen LogP contribution < -0.4 is 5.32 Å². The molecule has 0 radical (unpaired) electrons. The van der Waals surface area contributed by atoms with Crippen LogP contribution in [-0.4, -0.2) is 29.7 Å². The Bertz CT molecular complexity index is 465. The summed E-state index contributed by atoms with van der Waals surface area (Å²) in [6.07, 6.45) is 0.0165. The summed E-state index contributed by atoms with van der Waals surface area (Å²) in [4.78, 5) is 22.1. The number of aliphatic carboxylic acids is 1. The van der Waals surface area contributed by atoms with E-state index in [2.05, 4.69) is 21.2 Å². The average molecular weight is 318 g/mol. The molecule has 1 unspecified atom stereocenters. The quantitative estimate of drug-likeness (QED) is 0.870. The Labute approximate surface area is 112 Å². The highest BCUT2D eigenvalue weighted by atomic mass is 79.9. The molecular weight excluding hydrogens is 305 g/mol. The summed E-state index contributed by atoms with van der Waals surface area (Å²) in [7, 11) is 0. The maximum Gasteiger partial charge on any atom is 0.328 e. The monoisotopic (exact) mass is 317 g/mol. The van der Waals surface area contributed by atoms with Crippen molar-refractivity contribution in [2.75, 3.05) is 6.67 Å². The Morgan fingerprint density at radius 2 is 2.17 bits per heavy atom. The lowest BCUT2D eigenvalue weighted by molar-refractivity contribution is -0.142. The van der Waals surface area contributed by atoms with Crippen molar-refractivity contribution in [1.29, 1.82) is 0 Å². The zero-order valence-electron chi connectivity index (χ0n) is 9.74. The van der Waals surface area contributed by atoms with Gasteiger partial charge in [-0.05, 0) is 24.1 Å². The number of carboxylic acids is 1. The number of hydrogen-bond donors (Lipinski definition) is 2. The Balaban J connectivity index is 2.64. The van der Waals surface area contributed by atoms with E-state index in [1.165, 1.54) is 0 Å². The number of carbonyl (C=O) groups excluding carboxylic acids is 1. The van der Waals surface area contributed by atoms with Crippen molar-refractivity contribution in [2.45, 2.75) is 19.4 Å². The molecule has 98 valence electrons. The van der Waals surface area contributed by atoms with E-state index in [0.29, 0.717) is 0 Å². The van der Waals surface area contributed by atoms with Gasteiger partial charge in [-0.15, -0.1) is 0 Å². The second-order valence-corrected chi connectivity index (χ2v) is 4.73. The van der Waals surface area contributed by atoms with Gasteiger partial charge in [0.05, 0.1) is 6.42 Å². The van der Waals surface area contributed by atoms with Gasteiger partial charge in [0.2, 0.25) is 5.91 Å². The van der Waals surface area contributed by atoms with E-state index in [1.807, 2.05) is 13.0 Å². The number of alkyl halides is 1. The number of benzene rings is 1. The molecule has 1 aromatic rings. The molecule has 0 aliphatic rings. The van der Waals surface area contributed by atoms with Gasteiger partial charge in [-0.1, -0.05) is 28.1 Å². The topological polar surface area (TPSA) is 66.4 Å². The van der Waals surface area contributed by atoms with Crippen LogP contribution in [0, 0.1) is 6.92 Å². The molecule has 1 atom stereocenters. The smallest absolute Gasteiger partial charge is 0.328 e. The fourth-order valence-electron chi connectivity index (χ4n) is 1.34. The van der Waals surface area contributed by atoms with E-state index in [4.69, 9.17) is 5.11 Å². The summed E-state index contributed by atoms with van der Waals surface area (Å²) in [6, 6.07) is 3.91. The van der Waals surface area contributed by atoms with E-state index in [9.17, 15) is 14.0 Å². The third-order valence-electron chi connectivity index (χ3n) is 2.39. The highest BCUT2D eigenvalue weighted by molar-refractivity contribution is 9.10. The van der Waals surface area contributed by atoms with Crippen LogP contribution in [-0.2, 0) is 16.0 Å². The molecule has 0 aliphatic heterocycles. The number of carboxylic acid groups (broad SMARTS) is 1. The van der Waals surface area contributed by atoms with E-state index in [1.54, 1.807) is 12.1 Å². The number of aryl methyl sites for hydroxylation is 1. The number of nitrogens with one attached hydrogen (secondary N) is 1. The largest absolute Gasteiger partial charge is 0.480 e. The van der Waals surface area contributed by atoms with Crippen molar-refractivity contribution < 1.29 is 19.1 Å². The Morgan fingerprint density at radius 3 is 2.67 bits per heavy atom. The molecule has 0 aliphatic carbocycles. The Morgan fingerprint density at radius 1 is 1.50 bits per heavy atom. The SMILES string of the molecule is Cc1ccc(CC(=O)NC(CF)C(=O)O)cc1Br. The standard InChI is InChI=1S/C12H13BrFNO3/c1-7-2-3-8(4-9(7)13)5-11(16)15-10(6-14)12(17)18/h2-4,10H,5-6H2,1H3,(H,15,16)(H,17,18). The van der Waals surface area contributed by atoms with Crippen molar-refractivity contribution in [3.63, 3.8) is 0 Å². The lowest BCUT2D eigenvalue weighted by Crippen LogP contribution is -2.43. The molecule has 0 saturated heterocycles. The number of rotatable bonds is 5. The van der Waals surface area contributed by atoms with Crippen LogP contribution in [0.25, 0.3) is 0 Å². The van der Waals surface area contributed by atoms with Gasteiger partial charge in [0.15, 0.2) is 6.04 Å². The lowest BCUT2D eigenvalue weighted by Gasteiger charge is -2.11. The molecule has 1 rings (SSSR count). The van der Waals surface area contributed by atoms with Crippen LogP contribution in [0.15, 0.2) is 22.7 Å². The lowest BCUT2D eigenvalue weighted by atomic mass is 10.1. The molecule has 1 amide bonds. The van der Waals surface area contributed by atoms with Crippen LogP contribution in [0.2, 0.25) is 0 Å². The first-order chi connectivity index (χ1) is 8.43. The molecule has 0 bridgehead atoms. The molecule has 2 N–H and O–H groups in total. The van der Waals surface area contributed by atoms with Crippen molar-refractivity contribution in [3.8, 4) is 0 Å². The van der Waals surface area contributed by atoms with E-state index in [-0.39, 0.29) is 6.42 Å². The molecule has 0 aromatic heterocycles. The summed E-state index contributed by atoms with van der Waals surface area (Å²) in [5.41, 5.74) is 1.76. The fourth-order valence-corrected chi connectivity index (χ4v) is 1.77. The zero-order valence-corrected chi connectivity index (χ0v) is 11.3. The van der Waals surface area contributed by atoms with Gasteiger partial charge in [-0.2, -0.15) is 0 Å². The highest BCUT2D eigenvalue weighted by Crippen LogP contribution is 2.17. The van der Waals surface area contributed by atoms with Gasteiger partial charge in [0.25, 0.3) is 0 Å². The van der Waals surface area contributed by atoms with Crippen LogP contribution in [0.4, 0.5) is 4.39 Å². The van der Waals surface area contributed by atoms with E-state index < -0.39 is 24.6 Å². The summed E-state index contributed by atoms with van der Waals surface area (Å²) < 4.78 is 13.2. The van der Waals surface area contributed by atoms with Crippen LogP contribution >= 0.6 is 15.9 Å². The van der Waals surface area contributed by atoms with Crippen molar-refractivity contribution in [2.24, 2.45) is 0 Å². The van der Waals surface area contributed by atoms with Gasteiger partial charge in [0.1, 0.15) is 6.67 Å². The number of carbonyl (C=O) groups is 2. The van der Waals surface area contributed by atoms with Crippen LogP contribution in [0.1, 0.15) is 11.1 Å². The minimum absolute atomic E-state index is 0.0165. The molecule has 4 nitrogen and oxygen atoms in total. The number of hydrogen-bond acceptors (Lipinski definition) is 2. The zero-order chi connectivity index (χ0) is 13.7. The summed E-state index contributed by atoms with van der Waals surface area (Å²) in [6.45, 7) is 0.788. The predicted molar refractivity (Wildman–Crippen MR) is 68.1 cm³/mol. The van der Waals surface area contributed by atoms with E-state index >= 15 is 0 Å². The second kappa shape index (κ2) is 6.49. The molecular formula is C12H13BrFNO3. The highest BCUT2D eigenvalue weighted by Gasteiger charge is 2.19. The first-order valence-electron chi connectivity index (χ1n) is 5.27. The normalized spacial score (nSPS) is 11.9. The molecule has 0 saturated carbocycles. The third kappa shape index (κ3) is 4.10. The molecule has 1 aromatic carbocycles. The summed E-state index contributed by atoms with van der Waals surface area (Å²) >= 11 is 3.34. The van der Waals surface area contributed by atoms with Gasteiger partial charge >= 0.3 is 5.97 Å². The second-order valence-electron chi connectivity index (χ2n) is 3.87. The maximum absolute atomic E-state index is 12.3. The minimum Gasteiger partial charge on any atom is -0.480 e. The van der Waals surface area contributed by atoms with Crippen LogP contribution in [0.3, 0.4) is 0 Å². The molecule has 18 heavy (non-hydrogen) atoms. The van der Waals surface area contributed by atoms with Crippen molar-refractivity contribution >= 4 is 27.8 Å². The van der Waals surface area contributed by atoms with Gasteiger partial charge in [-0.3, -0.25) is 4.79 Å². The molecule has 6 heteroatoms. The average Bonchev–Trinajstić information content (AvgIpc) is 2.30. The third-order valence-corrected chi connectivity index (χ3v) is 3.24. The molecule has 0 heterocycles. The fraction of sp³-hybridized carbons (Fsp3) is 0.333. The van der Waals surface area contributed by atoms with Crippen molar-refractivity contribution in [3.05, 3.63) is 33.8 Å². The van der Waals surface area contributed by atoms with Crippen LogP contribution in [0.5, 0.6) is 0 Å². The molecule has 0 fully saturated rings. The van der Waals surface area contributed by atoms with Gasteiger partial charge in [-0.25, -0.2) is 9.18 Å². The first kappa shape index (κ1) is 14.6. The summed E-state index contributed by atoms with van der Waals surface area (Å²) in [5, 5.41) is 10.7.